The van der Waals surface area contributed by atoms with Crippen molar-refractivity contribution in [2.75, 3.05) is 0 Å². The van der Waals surface area contributed by atoms with Crippen molar-refractivity contribution in [3.63, 3.8) is 0 Å². The Morgan fingerprint density at radius 2 is 2.25 bits per heavy atom. The van der Waals surface area contributed by atoms with Gasteiger partial charge in [-0.1, -0.05) is 6.42 Å². The number of aryl methyl sites for hydroxylation is 1. The molecule has 0 spiro atoms. The molecule has 84 valence electrons. The molecular formula is C12H16N4. The smallest absolute Gasteiger partial charge is 0.143 e. The standard InChI is InChI=1S/C12H16N4/c1-16-6-9(5-13)10-11(8-3-2-4-8)14-7-15-12(10)16/h6-8H,2-5,13H2,1H3. The van der Waals surface area contributed by atoms with Gasteiger partial charge in [-0.2, -0.15) is 0 Å². The molecule has 4 nitrogen and oxygen atoms in total. The molecule has 2 aromatic heterocycles. The Morgan fingerprint density at radius 3 is 2.88 bits per heavy atom. The van der Waals surface area contributed by atoms with Gasteiger partial charge in [0.05, 0.1) is 5.69 Å². The minimum atomic E-state index is 0.560. The molecule has 0 amide bonds. The van der Waals surface area contributed by atoms with Crippen LogP contribution in [0, 0.1) is 0 Å². The number of nitrogens with two attached hydrogens (primary N) is 1. The van der Waals surface area contributed by atoms with Gasteiger partial charge in [0.1, 0.15) is 12.0 Å². The third-order valence-corrected chi connectivity index (χ3v) is 3.57. The van der Waals surface area contributed by atoms with Crippen LogP contribution in [0.2, 0.25) is 0 Å². The topological polar surface area (TPSA) is 56.7 Å². The van der Waals surface area contributed by atoms with E-state index in [1.165, 1.54) is 35.9 Å². The van der Waals surface area contributed by atoms with Crippen LogP contribution in [0.4, 0.5) is 0 Å². The van der Waals surface area contributed by atoms with E-state index in [-0.39, 0.29) is 0 Å². The van der Waals surface area contributed by atoms with Gasteiger partial charge in [0, 0.05) is 31.1 Å². The highest BCUT2D eigenvalue weighted by Crippen LogP contribution is 2.39. The van der Waals surface area contributed by atoms with Crippen LogP contribution in [0.3, 0.4) is 0 Å². The summed E-state index contributed by atoms with van der Waals surface area (Å²) in [7, 11) is 2.01. The predicted molar refractivity (Wildman–Crippen MR) is 63.0 cm³/mol. The van der Waals surface area contributed by atoms with Crippen molar-refractivity contribution in [3.05, 3.63) is 23.8 Å². The van der Waals surface area contributed by atoms with Crippen molar-refractivity contribution in [2.24, 2.45) is 12.8 Å². The van der Waals surface area contributed by atoms with Gasteiger partial charge in [0.15, 0.2) is 0 Å². The first-order chi connectivity index (χ1) is 7.81. The van der Waals surface area contributed by atoms with Crippen LogP contribution < -0.4 is 5.73 Å². The summed E-state index contributed by atoms with van der Waals surface area (Å²) in [5.74, 6) is 0.623. The maximum atomic E-state index is 5.79. The van der Waals surface area contributed by atoms with E-state index in [4.69, 9.17) is 5.73 Å². The Labute approximate surface area is 94.5 Å². The summed E-state index contributed by atoms with van der Waals surface area (Å²) in [5.41, 5.74) is 9.17. The SMILES string of the molecule is Cn1cc(CN)c2c(C3CCC3)ncnc21. The molecule has 0 aliphatic heterocycles. The lowest BCUT2D eigenvalue weighted by molar-refractivity contribution is 0.413. The quantitative estimate of drug-likeness (QED) is 0.831. The molecule has 1 aliphatic carbocycles. The molecular weight excluding hydrogens is 200 g/mol. The van der Waals surface area contributed by atoms with Gasteiger partial charge < -0.3 is 10.3 Å². The van der Waals surface area contributed by atoms with Crippen LogP contribution >= 0.6 is 0 Å². The number of rotatable bonds is 2. The fourth-order valence-corrected chi connectivity index (χ4v) is 2.47. The van der Waals surface area contributed by atoms with Gasteiger partial charge in [-0.05, 0) is 18.4 Å². The van der Waals surface area contributed by atoms with E-state index in [0.29, 0.717) is 12.5 Å². The summed E-state index contributed by atoms with van der Waals surface area (Å²) < 4.78 is 2.04. The molecule has 0 saturated heterocycles. The monoisotopic (exact) mass is 216 g/mol. The lowest BCUT2D eigenvalue weighted by Gasteiger charge is -2.25. The zero-order valence-electron chi connectivity index (χ0n) is 9.48. The van der Waals surface area contributed by atoms with Gasteiger partial charge in [-0.15, -0.1) is 0 Å². The third-order valence-electron chi connectivity index (χ3n) is 3.57. The fraction of sp³-hybridized carbons (Fsp3) is 0.500. The summed E-state index contributed by atoms with van der Waals surface area (Å²) in [6, 6.07) is 0. The van der Waals surface area contributed by atoms with Crippen molar-refractivity contribution in [1.29, 1.82) is 0 Å². The van der Waals surface area contributed by atoms with Crippen LogP contribution in [-0.2, 0) is 13.6 Å². The van der Waals surface area contributed by atoms with Gasteiger partial charge in [0.25, 0.3) is 0 Å². The molecule has 1 aliphatic rings. The summed E-state index contributed by atoms with van der Waals surface area (Å²) in [6.07, 6.45) is 7.58. The average molecular weight is 216 g/mol. The van der Waals surface area contributed by atoms with E-state index in [1.807, 2.05) is 11.6 Å². The Kier molecular flexibility index (Phi) is 2.17. The minimum absolute atomic E-state index is 0.560. The Bertz CT molecular complexity index is 525. The number of hydrogen-bond donors (Lipinski definition) is 1. The summed E-state index contributed by atoms with van der Waals surface area (Å²) in [5, 5.41) is 1.19. The molecule has 0 aromatic carbocycles. The molecule has 0 radical (unpaired) electrons. The molecule has 1 saturated carbocycles. The van der Waals surface area contributed by atoms with Crippen LogP contribution in [-0.4, -0.2) is 14.5 Å². The second kappa shape index (κ2) is 3.56. The zero-order valence-corrected chi connectivity index (χ0v) is 9.48. The fourth-order valence-electron chi connectivity index (χ4n) is 2.47. The second-order valence-electron chi connectivity index (χ2n) is 4.55. The predicted octanol–water partition coefficient (Wildman–Crippen LogP) is 1.69. The lowest BCUT2D eigenvalue weighted by Crippen LogP contribution is -2.12. The van der Waals surface area contributed by atoms with Gasteiger partial charge >= 0.3 is 0 Å². The number of hydrogen-bond acceptors (Lipinski definition) is 3. The van der Waals surface area contributed by atoms with E-state index in [9.17, 15) is 0 Å². The summed E-state index contributed by atoms with van der Waals surface area (Å²) >= 11 is 0. The van der Waals surface area contributed by atoms with Crippen LogP contribution in [0.25, 0.3) is 11.0 Å². The number of nitrogens with zero attached hydrogens (tertiary/aromatic N) is 3. The van der Waals surface area contributed by atoms with Crippen molar-refractivity contribution < 1.29 is 0 Å². The molecule has 0 unspecified atom stereocenters. The first kappa shape index (κ1) is 9.78. The first-order valence-electron chi connectivity index (χ1n) is 5.80. The summed E-state index contributed by atoms with van der Waals surface area (Å²) in [4.78, 5) is 8.82. The zero-order chi connectivity index (χ0) is 11.1. The minimum Gasteiger partial charge on any atom is -0.335 e. The molecule has 1 fully saturated rings. The number of fused-ring (bicyclic) bond motifs is 1. The van der Waals surface area contributed by atoms with E-state index in [0.717, 1.165) is 5.65 Å². The maximum Gasteiger partial charge on any atom is 0.143 e. The number of aromatic nitrogens is 3. The van der Waals surface area contributed by atoms with Crippen molar-refractivity contribution in [1.82, 2.24) is 14.5 Å². The van der Waals surface area contributed by atoms with Gasteiger partial charge in [-0.25, -0.2) is 9.97 Å². The molecule has 0 bridgehead atoms. The van der Waals surface area contributed by atoms with Crippen LogP contribution in [0.5, 0.6) is 0 Å². The average Bonchev–Trinajstić information content (AvgIpc) is 2.55. The molecule has 2 aromatic rings. The normalized spacial score (nSPS) is 16.6. The Hall–Kier alpha value is -1.42. The maximum absolute atomic E-state index is 5.79. The highest BCUT2D eigenvalue weighted by molar-refractivity contribution is 5.83. The van der Waals surface area contributed by atoms with Crippen molar-refractivity contribution in [2.45, 2.75) is 31.7 Å². The molecule has 0 atom stereocenters. The van der Waals surface area contributed by atoms with E-state index >= 15 is 0 Å². The molecule has 2 N–H and O–H groups in total. The van der Waals surface area contributed by atoms with Crippen molar-refractivity contribution in [3.8, 4) is 0 Å². The second-order valence-corrected chi connectivity index (χ2v) is 4.55. The largest absolute Gasteiger partial charge is 0.335 e. The van der Waals surface area contributed by atoms with E-state index in [2.05, 4.69) is 16.2 Å². The van der Waals surface area contributed by atoms with E-state index in [1.54, 1.807) is 6.33 Å². The van der Waals surface area contributed by atoms with Gasteiger partial charge in [-0.3, -0.25) is 0 Å². The third kappa shape index (κ3) is 1.26. The van der Waals surface area contributed by atoms with E-state index < -0.39 is 0 Å². The van der Waals surface area contributed by atoms with Gasteiger partial charge in [0.2, 0.25) is 0 Å². The van der Waals surface area contributed by atoms with Crippen LogP contribution in [0.15, 0.2) is 12.5 Å². The molecule has 2 heterocycles. The Morgan fingerprint density at radius 1 is 1.44 bits per heavy atom. The highest BCUT2D eigenvalue weighted by atomic mass is 15.0. The first-order valence-corrected chi connectivity index (χ1v) is 5.80. The molecule has 3 rings (SSSR count). The van der Waals surface area contributed by atoms with Crippen LogP contribution in [0.1, 0.15) is 36.4 Å². The molecule has 4 heteroatoms. The summed E-state index contributed by atoms with van der Waals surface area (Å²) in [6.45, 7) is 0.560. The van der Waals surface area contributed by atoms with Crippen molar-refractivity contribution >= 4 is 11.0 Å². The lowest BCUT2D eigenvalue weighted by atomic mass is 9.81. The highest BCUT2D eigenvalue weighted by Gasteiger charge is 2.25. The molecule has 16 heavy (non-hydrogen) atoms. The Balaban J connectivity index is 2.26.